The maximum Gasteiger partial charge on any atom is 0.268 e. The van der Waals surface area contributed by atoms with Crippen molar-refractivity contribution in [3.63, 3.8) is 0 Å². The van der Waals surface area contributed by atoms with Crippen LogP contribution in [0.15, 0.2) is 65.2 Å². The number of carbonyl (C=O) groups is 1. The predicted molar refractivity (Wildman–Crippen MR) is 105 cm³/mol. The molecule has 0 spiro atoms. The van der Waals surface area contributed by atoms with E-state index in [0.29, 0.717) is 29.4 Å². The second-order valence-corrected chi connectivity index (χ2v) is 6.79. The van der Waals surface area contributed by atoms with Gasteiger partial charge in [-0.2, -0.15) is 0 Å². The summed E-state index contributed by atoms with van der Waals surface area (Å²) >= 11 is 6.11. The minimum absolute atomic E-state index is 0.174. The molecule has 136 valence electrons. The van der Waals surface area contributed by atoms with Crippen molar-refractivity contribution >= 4 is 28.6 Å². The molecule has 0 aliphatic rings. The van der Waals surface area contributed by atoms with Gasteiger partial charge in [-0.3, -0.25) is 9.78 Å². The van der Waals surface area contributed by atoms with Crippen molar-refractivity contribution in [2.45, 2.75) is 20.0 Å². The molecule has 4 rings (SSSR count). The molecule has 0 aliphatic heterocycles. The van der Waals surface area contributed by atoms with Crippen LogP contribution in [0.25, 0.3) is 11.1 Å². The summed E-state index contributed by atoms with van der Waals surface area (Å²) in [6.45, 7) is 2.78. The van der Waals surface area contributed by atoms with Gasteiger partial charge in [0, 0.05) is 29.9 Å². The molecule has 0 radical (unpaired) electrons. The van der Waals surface area contributed by atoms with Crippen LogP contribution >= 0.6 is 11.6 Å². The molecular weight excluding hydrogens is 362 g/mol. The Labute approximate surface area is 161 Å². The number of nitrogens with zero attached hydrogens (tertiary/aromatic N) is 2. The number of hydrogen-bond acceptors (Lipinski definition) is 3. The SMILES string of the molecule is Cc1cc2c(cc(C(=O)NCc3ccccn3)n2Cc2cccc(Cl)c2)o1. The third kappa shape index (κ3) is 3.73. The molecule has 0 saturated heterocycles. The van der Waals surface area contributed by atoms with Crippen molar-refractivity contribution in [2.24, 2.45) is 0 Å². The van der Waals surface area contributed by atoms with Gasteiger partial charge >= 0.3 is 0 Å². The highest BCUT2D eigenvalue weighted by molar-refractivity contribution is 6.30. The van der Waals surface area contributed by atoms with Crippen molar-refractivity contribution in [3.8, 4) is 0 Å². The second-order valence-electron chi connectivity index (χ2n) is 6.36. The summed E-state index contributed by atoms with van der Waals surface area (Å²) in [5.41, 5.74) is 3.93. The predicted octanol–water partition coefficient (Wildman–Crippen LogP) is 4.57. The number of benzene rings is 1. The monoisotopic (exact) mass is 379 g/mol. The fraction of sp³-hybridized carbons (Fsp3) is 0.143. The number of fused-ring (bicyclic) bond motifs is 1. The molecule has 27 heavy (non-hydrogen) atoms. The summed E-state index contributed by atoms with van der Waals surface area (Å²) in [5.74, 6) is 0.632. The lowest BCUT2D eigenvalue weighted by atomic mass is 10.2. The molecule has 3 heterocycles. The molecule has 0 unspecified atom stereocenters. The Kier molecular flexibility index (Phi) is 4.69. The number of carbonyl (C=O) groups excluding carboxylic acids is 1. The molecule has 1 amide bonds. The average Bonchev–Trinajstić information content (AvgIpc) is 3.18. The van der Waals surface area contributed by atoms with Gasteiger partial charge in [-0.05, 0) is 36.8 Å². The van der Waals surface area contributed by atoms with E-state index in [-0.39, 0.29) is 5.91 Å². The second kappa shape index (κ2) is 7.29. The summed E-state index contributed by atoms with van der Waals surface area (Å²) < 4.78 is 7.67. The highest BCUT2D eigenvalue weighted by Crippen LogP contribution is 2.25. The van der Waals surface area contributed by atoms with Crippen LogP contribution in [0.5, 0.6) is 0 Å². The summed E-state index contributed by atoms with van der Waals surface area (Å²) in [5, 5.41) is 3.60. The Morgan fingerprint density at radius 2 is 2.07 bits per heavy atom. The van der Waals surface area contributed by atoms with E-state index in [4.69, 9.17) is 16.0 Å². The first-order valence-corrected chi connectivity index (χ1v) is 9.00. The van der Waals surface area contributed by atoms with Gasteiger partial charge in [-0.25, -0.2) is 0 Å². The molecule has 6 heteroatoms. The third-order valence-corrected chi connectivity index (χ3v) is 4.57. The van der Waals surface area contributed by atoms with Crippen LogP contribution in [0, 0.1) is 6.92 Å². The van der Waals surface area contributed by atoms with Crippen molar-refractivity contribution in [1.82, 2.24) is 14.9 Å². The van der Waals surface area contributed by atoms with E-state index in [1.54, 1.807) is 12.3 Å². The van der Waals surface area contributed by atoms with Gasteiger partial charge in [0.1, 0.15) is 11.5 Å². The van der Waals surface area contributed by atoms with Crippen LogP contribution < -0.4 is 5.32 Å². The normalized spacial score (nSPS) is 11.0. The fourth-order valence-corrected chi connectivity index (χ4v) is 3.32. The quantitative estimate of drug-likeness (QED) is 0.552. The number of aromatic nitrogens is 2. The van der Waals surface area contributed by atoms with E-state index in [2.05, 4.69) is 10.3 Å². The van der Waals surface area contributed by atoms with Gasteiger partial charge in [0.25, 0.3) is 5.91 Å². The first kappa shape index (κ1) is 17.4. The minimum atomic E-state index is -0.174. The Balaban J connectivity index is 1.65. The van der Waals surface area contributed by atoms with Crippen molar-refractivity contribution in [3.05, 3.63) is 88.5 Å². The molecule has 0 saturated carbocycles. The zero-order valence-corrected chi connectivity index (χ0v) is 15.5. The Morgan fingerprint density at radius 1 is 1.19 bits per heavy atom. The third-order valence-electron chi connectivity index (χ3n) is 4.33. The smallest absolute Gasteiger partial charge is 0.268 e. The molecule has 0 bridgehead atoms. The lowest BCUT2D eigenvalue weighted by molar-refractivity contribution is 0.0942. The lowest BCUT2D eigenvalue weighted by Gasteiger charge is -2.11. The van der Waals surface area contributed by atoms with Crippen LogP contribution in [0.4, 0.5) is 0 Å². The van der Waals surface area contributed by atoms with Crippen molar-refractivity contribution < 1.29 is 9.21 Å². The number of furan rings is 1. The van der Waals surface area contributed by atoms with Gasteiger partial charge in [-0.1, -0.05) is 29.8 Å². The molecule has 5 nitrogen and oxygen atoms in total. The molecule has 0 aliphatic carbocycles. The summed E-state index contributed by atoms with van der Waals surface area (Å²) in [6, 6.07) is 17.0. The molecule has 0 atom stereocenters. The van der Waals surface area contributed by atoms with E-state index in [9.17, 15) is 4.79 Å². The number of rotatable bonds is 5. The van der Waals surface area contributed by atoms with Gasteiger partial charge in [0.2, 0.25) is 0 Å². The summed E-state index contributed by atoms with van der Waals surface area (Å²) in [7, 11) is 0. The van der Waals surface area contributed by atoms with Crippen LogP contribution in [0.3, 0.4) is 0 Å². The molecule has 3 aromatic heterocycles. The van der Waals surface area contributed by atoms with Crippen LogP contribution in [-0.4, -0.2) is 15.5 Å². The highest BCUT2D eigenvalue weighted by atomic mass is 35.5. The first-order chi connectivity index (χ1) is 13.1. The van der Waals surface area contributed by atoms with Crippen molar-refractivity contribution in [2.75, 3.05) is 0 Å². The number of hydrogen-bond donors (Lipinski definition) is 1. The van der Waals surface area contributed by atoms with Crippen LogP contribution in [0.2, 0.25) is 5.02 Å². The van der Waals surface area contributed by atoms with E-state index in [1.165, 1.54) is 0 Å². The fourth-order valence-electron chi connectivity index (χ4n) is 3.11. The van der Waals surface area contributed by atoms with Gasteiger partial charge in [0.05, 0.1) is 17.8 Å². The molecule has 0 fully saturated rings. The zero-order valence-electron chi connectivity index (χ0n) is 14.8. The van der Waals surface area contributed by atoms with E-state index < -0.39 is 0 Å². The molecule has 1 aromatic carbocycles. The Bertz CT molecular complexity index is 1100. The number of halogens is 1. The number of amides is 1. The maximum absolute atomic E-state index is 12.8. The molecule has 4 aromatic rings. The highest BCUT2D eigenvalue weighted by Gasteiger charge is 2.18. The van der Waals surface area contributed by atoms with Crippen LogP contribution in [0.1, 0.15) is 27.5 Å². The minimum Gasteiger partial charge on any atom is -0.460 e. The van der Waals surface area contributed by atoms with Gasteiger partial charge in [-0.15, -0.1) is 0 Å². The largest absolute Gasteiger partial charge is 0.460 e. The van der Waals surface area contributed by atoms with E-state index in [1.807, 2.05) is 60.0 Å². The van der Waals surface area contributed by atoms with Crippen molar-refractivity contribution in [1.29, 1.82) is 0 Å². The number of nitrogens with one attached hydrogen (secondary N) is 1. The Hall–Kier alpha value is -3.05. The van der Waals surface area contributed by atoms with E-state index >= 15 is 0 Å². The number of aryl methyl sites for hydroxylation is 1. The average molecular weight is 380 g/mol. The first-order valence-electron chi connectivity index (χ1n) is 8.62. The number of pyridine rings is 1. The molecule has 1 N–H and O–H groups in total. The summed E-state index contributed by atoms with van der Waals surface area (Å²) in [4.78, 5) is 17.1. The topological polar surface area (TPSA) is 60.1 Å². The van der Waals surface area contributed by atoms with Gasteiger partial charge in [0.15, 0.2) is 5.58 Å². The summed E-state index contributed by atoms with van der Waals surface area (Å²) in [6.07, 6.45) is 1.71. The van der Waals surface area contributed by atoms with Gasteiger partial charge < -0.3 is 14.3 Å². The maximum atomic E-state index is 12.8. The molecular formula is C21H18ClN3O2. The van der Waals surface area contributed by atoms with E-state index in [0.717, 1.165) is 22.5 Å². The standard InChI is InChI=1S/C21H18ClN3O2/c1-14-9-18-20(27-14)11-19(21(26)24-12-17-7-2-3-8-23-17)25(18)13-15-5-4-6-16(22)10-15/h2-11H,12-13H2,1H3,(H,24,26). The zero-order chi connectivity index (χ0) is 18.8. The lowest BCUT2D eigenvalue weighted by Crippen LogP contribution is -2.26. The Morgan fingerprint density at radius 3 is 2.85 bits per heavy atom. The van der Waals surface area contributed by atoms with Crippen LogP contribution in [-0.2, 0) is 13.1 Å².